The molecule has 0 spiro atoms. The lowest BCUT2D eigenvalue weighted by Crippen LogP contribution is -2.48. The molecule has 2 heterocycles. The van der Waals surface area contributed by atoms with Gasteiger partial charge in [0.1, 0.15) is 6.61 Å². The molecule has 2 fully saturated rings. The molecule has 0 aliphatic carbocycles. The topological polar surface area (TPSA) is 89.8 Å². The van der Waals surface area contributed by atoms with Gasteiger partial charge in [0.05, 0.1) is 23.3 Å². The van der Waals surface area contributed by atoms with Gasteiger partial charge in [0.15, 0.2) is 4.75 Å². The first-order valence-electron chi connectivity index (χ1n) is 8.43. The smallest absolute Gasteiger partial charge is 0.329 e. The number of carbonyl (C=O) groups excluding carboxylic acids is 2. The molecule has 2 saturated heterocycles. The van der Waals surface area contributed by atoms with Gasteiger partial charge in [-0.1, -0.05) is 30.3 Å². The number of β-lactam (4-membered cyclic amide) rings is 1. The number of amides is 1. The summed E-state index contributed by atoms with van der Waals surface area (Å²) in [7, 11) is 0. The van der Waals surface area contributed by atoms with Gasteiger partial charge in [-0.2, -0.15) is 0 Å². The highest BCUT2D eigenvalue weighted by Crippen LogP contribution is 2.52. The molecule has 2 aromatic rings. The van der Waals surface area contributed by atoms with Crippen LogP contribution in [0, 0.1) is 10.1 Å². The van der Waals surface area contributed by atoms with E-state index in [9.17, 15) is 19.7 Å². The van der Waals surface area contributed by atoms with E-state index in [4.69, 9.17) is 4.74 Å². The van der Waals surface area contributed by atoms with Crippen molar-refractivity contribution in [1.82, 2.24) is 4.90 Å². The van der Waals surface area contributed by atoms with Crippen LogP contribution in [0.2, 0.25) is 0 Å². The maximum atomic E-state index is 13.1. The molecule has 27 heavy (non-hydrogen) atoms. The van der Waals surface area contributed by atoms with E-state index in [1.807, 2.05) is 30.3 Å². The number of rotatable bonds is 5. The van der Waals surface area contributed by atoms with Crippen LogP contribution in [-0.2, 0) is 25.7 Å². The maximum absolute atomic E-state index is 13.1. The van der Waals surface area contributed by atoms with Crippen LogP contribution < -0.4 is 0 Å². The van der Waals surface area contributed by atoms with Crippen LogP contribution in [0.5, 0.6) is 0 Å². The van der Waals surface area contributed by atoms with E-state index >= 15 is 0 Å². The first-order chi connectivity index (χ1) is 13.0. The quantitative estimate of drug-likeness (QED) is 0.341. The number of hydrogen-bond acceptors (Lipinski definition) is 6. The molecule has 4 rings (SSSR count). The third-order valence-electron chi connectivity index (χ3n) is 4.83. The SMILES string of the molecule is O=C1C[C@H]2SC(C(=O)OCc3ccc([N+](=O)[O-])cc3)(c3ccccc3)CN12. The van der Waals surface area contributed by atoms with E-state index < -0.39 is 15.6 Å². The number of nitrogens with zero attached hydrogens (tertiary/aromatic N) is 2. The predicted octanol–water partition coefficient (Wildman–Crippen LogP) is 2.84. The van der Waals surface area contributed by atoms with Crippen molar-refractivity contribution in [2.75, 3.05) is 6.54 Å². The van der Waals surface area contributed by atoms with Gasteiger partial charge in [0, 0.05) is 12.1 Å². The minimum atomic E-state index is -0.946. The molecule has 2 atom stereocenters. The number of fused-ring (bicyclic) bond motifs is 1. The van der Waals surface area contributed by atoms with E-state index in [-0.39, 0.29) is 23.6 Å². The molecule has 0 radical (unpaired) electrons. The van der Waals surface area contributed by atoms with Gasteiger partial charge in [0.25, 0.3) is 5.69 Å². The molecule has 2 aliphatic rings. The van der Waals surface area contributed by atoms with Crippen molar-refractivity contribution < 1.29 is 19.2 Å². The summed E-state index contributed by atoms with van der Waals surface area (Å²) in [4.78, 5) is 36.8. The predicted molar refractivity (Wildman–Crippen MR) is 98.7 cm³/mol. The molecule has 0 aromatic heterocycles. The Kier molecular flexibility index (Phi) is 4.35. The van der Waals surface area contributed by atoms with Crippen LogP contribution in [0.3, 0.4) is 0 Å². The van der Waals surface area contributed by atoms with E-state index in [0.717, 1.165) is 5.56 Å². The fourth-order valence-electron chi connectivity index (χ4n) is 3.31. The number of nitro groups is 1. The number of non-ortho nitro benzene ring substituents is 1. The van der Waals surface area contributed by atoms with Crippen molar-refractivity contribution in [3.05, 3.63) is 75.8 Å². The molecule has 2 aromatic carbocycles. The average Bonchev–Trinajstić information content (AvgIpc) is 3.01. The zero-order valence-electron chi connectivity index (χ0n) is 14.2. The van der Waals surface area contributed by atoms with Crippen molar-refractivity contribution in [2.24, 2.45) is 0 Å². The molecule has 1 unspecified atom stereocenters. The van der Waals surface area contributed by atoms with Crippen molar-refractivity contribution in [1.29, 1.82) is 0 Å². The second-order valence-corrected chi connectivity index (χ2v) is 7.97. The lowest BCUT2D eigenvalue weighted by atomic mass is 9.96. The fourth-order valence-corrected chi connectivity index (χ4v) is 4.96. The van der Waals surface area contributed by atoms with Crippen LogP contribution in [0.25, 0.3) is 0 Å². The van der Waals surface area contributed by atoms with Crippen molar-refractivity contribution in [3.8, 4) is 0 Å². The van der Waals surface area contributed by atoms with Crippen molar-refractivity contribution in [2.45, 2.75) is 23.1 Å². The Morgan fingerprint density at radius 1 is 1.22 bits per heavy atom. The summed E-state index contributed by atoms with van der Waals surface area (Å²) in [5.74, 6) is -0.354. The Labute approximate surface area is 159 Å². The van der Waals surface area contributed by atoms with E-state index in [1.54, 1.807) is 17.0 Å². The minimum absolute atomic E-state index is 0.00429. The van der Waals surface area contributed by atoms with Crippen LogP contribution in [0.15, 0.2) is 54.6 Å². The Balaban J connectivity index is 1.53. The van der Waals surface area contributed by atoms with E-state index in [1.165, 1.54) is 23.9 Å². The minimum Gasteiger partial charge on any atom is -0.459 e. The third-order valence-corrected chi connectivity index (χ3v) is 6.46. The van der Waals surface area contributed by atoms with E-state index in [0.29, 0.717) is 18.5 Å². The number of ether oxygens (including phenoxy) is 1. The monoisotopic (exact) mass is 384 g/mol. The van der Waals surface area contributed by atoms with E-state index in [2.05, 4.69) is 0 Å². The first-order valence-corrected chi connectivity index (χ1v) is 9.31. The van der Waals surface area contributed by atoms with Gasteiger partial charge in [-0.25, -0.2) is 0 Å². The highest BCUT2D eigenvalue weighted by Gasteiger charge is 2.58. The number of benzene rings is 2. The normalized spacial score (nSPS) is 23.5. The zero-order valence-corrected chi connectivity index (χ0v) is 15.1. The van der Waals surface area contributed by atoms with Crippen molar-refractivity contribution >= 4 is 29.3 Å². The number of thioether (sulfide) groups is 1. The highest BCUT2D eigenvalue weighted by molar-refractivity contribution is 8.01. The summed E-state index contributed by atoms with van der Waals surface area (Å²) in [5.41, 5.74) is 1.46. The molecular formula is C19H16N2O5S. The molecule has 7 nitrogen and oxygen atoms in total. The first kappa shape index (κ1) is 17.5. The highest BCUT2D eigenvalue weighted by atomic mass is 32.2. The summed E-state index contributed by atoms with van der Waals surface area (Å²) in [6.45, 7) is 0.314. The Morgan fingerprint density at radius 3 is 2.52 bits per heavy atom. The van der Waals surface area contributed by atoms with Gasteiger partial charge in [0.2, 0.25) is 5.91 Å². The summed E-state index contributed by atoms with van der Waals surface area (Å²) >= 11 is 1.46. The summed E-state index contributed by atoms with van der Waals surface area (Å²) < 4.78 is 4.62. The molecule has 0 bridgehead atoms. The Bertz CT molecular complexity index is 902. The zero-order chi connectivity index (χ0) is 19.0. The Morgan fingerprint density at radius 2 is 1.93 bits per heavy atom. The number of esters is 1. The summed E-state index contributed by atoms with van der Waals surface area (Å²) in [6.07, 6.45) is 0.439. The molecule has 1 amide bonds. The molecule has 2 aliphatic heterocycles. The van der Waals surface area contributed by atoms with Crippen LogP contribution in [-0.4, -0.2) is 33.6 Å². The maximum Gasteiger partial charge on any atom is 0.329 e. The second kappa shape index (κ2) is 6.70. The van der Waals surface area contributed by atoms with Crippen LogP contribution in [0.4, 0.5) is 5.69 Å². The van der Waals surface area contributed by atoms with Gasteiger partial charge in [-0.3, -0.25) is 19.7 Å². The lowest BCUT2D eigenvalue weighted by molar-refractivity contribution is -0.384. The number of nitro benzene ring substituents is 1. The molecule has 138 valence electrons. The largest absolute Gasteiger partial charge is 0.459 e. The fraction of sp³-hybridized carbons (Fsp3) is 0.263. The van der Waals surface area contributed by atoms with Gasteiger partial charge >= 0.3 is 5.97 Å². The molecular weight excluding hydrogens is 368 g/mol. The summed E-state index contributed by atoms with van der Waals surface area (Å²) in [5, 5.41) is 10.7. The average molecular weight is 384 g/mol. The molecule has 0 N–H and O–H groups in total. The molecule has 8 heteroatoms. The number of carbonyl (C=O) groups is 2. The lowest BCUT2D eigenvalue weighted by Gasteiger charge is -2.32. The van der Waals surface area contributed by atoms with Crippen LogP contribution in [0.1, 0.15) is 17.5 Å². The molecule has 0 saturated carbocycles. The summed E-state index contributed by atoms with van der Waals surface area (Å²) in [6, 6.07) is 15.2. The second-order valence-electron chi connectivity index (χ2n) is 6.49. The number of hydrogen-bond donors (Lipinski definition) is 0. The standard InChI is InChI=1S/C19H16N2O5S/c22-16-10-17-20(16)12-19(27-17,14-4-2-1-3-5-14)18(23)26-11-13-6-8-15(9-7-13)21(24)25/h1-9,17H,10-12H2/t17-,19?/m1/s1. The van der Waals surface area contributed by atoms with Gasteiger partial charge in [-0.15, -0.1) is 11.8 Å². The third kappa shape index (κ3) is 3.06. The van der Waals surface area contributed by atoms with Gasteiger partial charge in [-0.05, 0) is 23.3 Å². The van der Waals surface area contributed by atoms with Crippen molar-refractivity contribution in [3.63, 3.8) is 0 Å². The van der Waals surface area contributed by atoms with Gasteiger partial charge < -0.3 is 9.64 Å². The van der Waals surface area contributed by atoms with Crippen LogP contribution >= 0.6 is 11.8 Å². The Hall–Kier alpha value is -2.87.